The summed E-state index contributed by atoms with van der Waals surface area (Å²) in [5.74, 6) is 0.433. The number of Topliss-reactive ketones (excluding diaryl/α,β-unsaturated/α-hetero) is 1. The number of carbonyl (C=O) groups is 1. The zero-order valence-electron chi connectivity index (χ0n) is 22.7. The van der Waals surface area contributed by atoms with Crippen LogP contribution in [0.2, 0.25) is 65.0 Å². The van der Waals surface area contributed by atoms with Crippen LogP contribution < -0.4 is 0 Å². The summed E-state index contributed by atoms with van der Waals surface area (Å²) in [6.45, 7) is 29.7. The average molecular weight is 523 g/mol. The molecule has 0 aliphatic carbocycles. The topological polar surface area (TPSA) is 63.2 Å². The molecule has 0 aromatic heterocycles. The van der Waals surface area contributed by atoms with Gasteiger partial charge in [0.2, 0.25) is 0 Å². The van der Waals surface area contributed by atoms with E-state index in [1.54, 1.807) is 6.92 Å². The molecule has 0 rings (SSSR count). The number of ether oxygens (including phenoxy) is 2. The molecule has 0 aliphatic heterocycles. The van der Waals surface area contributed by atoms with Crippen LogP contribution in [0, 0.1) is 5.92 Å². The first-order chi connectivity index (χ1) is 14.3. The maximum absolute atomic E-state index is 11.5. The summed E-state index contributed by atoms with van der Waals surface area (Å²) in [6.07, 6.45) is 1.21. The van der Waals surface area contributed by atoms with Gasteiger partial charge in [-0.3, -0.25) is 4.79 Å². The van der Waals surface area contributed by atoms with E-state index >= 15 is 0 Å². The molecule has 0 saturated heterocycles. The van der Waals surface area contributed by atoms with Gasteiger partial charge in [0, 0.05) is 19.6 Å². The zero-order chi connectivity index (χ0) is 25.2. The third-order valence-corrected chi connectivity index (χ3v) is 17.9. The number of carbonyl (C=O) groups excluding carboxylic acids is 1. The molecular formula is C22H50O6Si4. The van der Waals surface area contributed by atoms with Crippen LogP contribution in [0.15, 0.2) is 12.2 Å². The maximum atomic E-state index is 11.5. The Morgan fingerprint density at radius 3 is 1.84 bits per heavy atom. The predicted molar refractivity (Wildman–Crippen MR) is 144 cm³/mol. The Hall–Kier alpha value is 0.0775. The highest BCUT2D eigenvalue weighted by atomic mass is 28.5. The Morgan fingerprint density at radius 1 is 0.812 bits per heavy atom. The van der Waals surface area contributed by atoms with Crippen LogP contribution >= 0.6 is 0 Å². The normalized spacial score (nSPS) is 16.0. The quantitative estimate of drug-likeness (QED) is 0.124. The average Bonchev–Trinajstić information content (AvgIpc) is 2.51. The van der Waals surface area contributed by atoms with Crippen LogP contribution in [0.5, 0.6) is 0 Å². The van der Waals surface area contributed by atoms with Crippen LogP contribution in [0.4, 0.5) is 0 Å². The van der Waals surface area contributed by atoms with Crippen LogP contribution in [0.3, 0.4) is 0 Å². The number of hydrogen-bond donors (Lipinski definition) is 0. The highest BCUT2D eigenvalue weighted by molar-refractivity contribution is 6.89. The van der Waals surface area contributed by atoms with Gasteiger partial charge in [0.05, 0.1) is 13.2 Å². The lowest BCUT2D eigenvalue weighted by molar-refractivity contribution is -0.115. The minimum absolute atomic E-state index is 0.107. The lowest BCUT2D eigenvalue weighted by Gasteiger charge is -2.42. The van der Waals surface area contributed by atoms with Crippen molar-refractivity contribution in [3.63, 3.8) is 0 Å². The van der Waals surface area contributed by atoms with E-state index in [1.165, 1.54) is 0 Å². The van der Waals surface area contributed by atoms with Gasteiger partial charge in [-0.1, -0.05) is 13.5 Å². The molecule has 32 heavy (non-hydrogen) atoms. The Kier molecular flexibility index (Phi) is 13.9. The first kappa shape index (κ1) is 32.1. The molecular weight excluding hydrogens is 473 g/mol. The molecule has 0 N–H and O–H groups in total. The fraction of sp³-hybridized carbons (Fsp3) is 0.864. The molecule has 0 saturated carbocycles. The van der Waals surface area contributed by atoms with E-state index in [0.29, 0.717) is 44.3 Å². The summed E-state index contributed by atoms with van der Waals surface area (Å²) in [5, 5.41) is 0. The molecule has 6 nitrogen and oxygen atoms in total. The summed E-state index contributed by atoms with van der Waals surface area (Å²) in [5.41, 5.74) is 0.609. The van der Waals surface area contributed by atoms with Crippen LogP contribution in [-0.2, 0) is 26.6 Å². The van der Waals surface area contributed by atoms with E-state index in [0.717, 1.165) is 12.5 Å². The van der Waals surface area contributed by atoms with Crippen molar-refractivity contribution in [1.82, 2.24) is 0 Å². The fourth-order valence-corrected chi connectivity index (χ4v) is 22.1. The van der Waals surface area contributed by atoms with E-state index < -0.39 is 33.8 Å². The molecule has 0 fully saturated rings. The van der Waals surface area contributed by atoms with E-state index in [-0.39, 0.29) is 5.78 Å². The third-order valence-electron chi connectivity index (χ3n) is 4.20. The summed E-state index contributed by atoms with van der Waals surface area (Å²) in [4.78, 5) is 11.5. The van der Waals surface area contributed by atoms with Gasteiger partial charge in [0.1, 0.15) is 0 Å². The van der Waals surface area contributed by atoms with Crippen LogP contribution in [-0.4, -0.2) is 66.0 Å². The first-order valence-electron chi connectivity index (χ1n) is 11.8. The third kappa shape index (κ3) is 17.5. The van der Waals surface area contributed by atoms with E-state index in [1.807, 2.05) is 0 Å². The fourth-order valence-electron chi connectivity index (χ4n) is 3.77. The molecule has 190 valence electrons. The molecule has 0 heterocycles. The molecule has 0 radical (unpaired) electrons. The molecule has 0 amide bonds. The minimum atomic E-state index is -2.42. The maximum Gasteiger partial charge on any atom is 0.316 e. The molecule has 0 bridgehead atoms. The van der Waals surface area contributed by atoms with E-state index in [4.69, 9.17) is 21.8 Å². The highest BCUT2D eigenvalue weighted by Gasteiger charge is 2.45. The van der Waals surface area contributed by atoms with Gasteiger partial charge in [-0.25, -0.2) is 0 Å². The molecule has 0 aliphatic rings. The molecule has 2 atom stereocenters. The van der Waals surface area contributed by atoms with E-state index in [2.05, 4.69) is 72.4 Å². The predicted octanol–water partition coefficient (Wildman–Crippen LogP) is 6.07. The Labute approximate surface area is 202 Å². The number of hydrogen-bond acceptors (Lipinski definition) is 6. The first-order valence-corrected chi connectivity index (χ1v) is 23.9. The van der Waals surface area contributed by atoms with Gasteiger partial charge in [-0.05, 0) is 89.8 Å². The van der Waals surface area contributed by atoms with Gasteiger partial charge in [0.15, 0.2) is 22.4 Å². The highest BCUT2D eigenvalue weighted by Crippen LogP contribution is 2.29. The standard InChI is InChI=1S/C22H50O6Si4/c1-20(2)22(23)14-13-15-24-16-17-25-18-21(3)19-32(12,27-30(7,8)9)28-31(10,11)26-29(4,5)6/h21H,1,13-19H2,2-12H3. The minimum Gasteiger partial charge on any atom is -0.437 e. The number of rotatable bonds is 18. The Bertz CT molecular complexity index is 586. The Morgan fingerprint density at radius 2 is 1.34 bits per heavy atom. The second-order valence-corrected chi connectivity index (χ2v) is 27.7. The zero-order valence-corrected chi connectivity index (χ0v) is 26.7. The van der Waals surface area contributed by atoms with Gasteiger partial charge < -0.3 is 21.8 Å². The van der Waals surface area contributed by atoms with Gasteiger partial charge in [-0.2, -0.15) is 0 Å². The number of ketones is 1. The molecule has 0 aromatic rings. The van der Waals surface area contributed by atoms with Gasteiger partial charge in [-0.15, -0.1) is 0 Å². The molecule has 0 aromatic carbocycles. The molecule has 10 heteroatoms. The summed E-state index contributed by atoms with van der Waals surface area (Å²) >= 11 is 0. The van der Waals surface area contributed by atoms with Crippen molar-refractivity contribution in [2.75, 3.05) is 26.4 Å². The van der Waals surface area contributed by atoms with Gasteiger partial charge >= 0.3 is 17.1 Å². The second-order valence-electron chi connectivity index (χ2n) is 11.4. The lowest BCUT2D eigenvalue weighted by atomic mass is 10.1. The lowest BCUT2D eigenvalue weighted by Crippen LogP contribution is -2.57. The van der Waals surface area contributed by atoms with Crippen molar-refractivity contribution in [3.05, 3.63) is 12.2 Å². The van der Waals surface area contributed by atoms with Crippen molar-refractivity contribution in [1.29, 1.82) is 0 Å². The van der Waals surface area contributed by atoms with Crippen molar-refractivity contribution < 1.29 is 26.6 Å². The van der Waals surface area contributed by atoms with Gasteiger partial charge in [0.25, 0.3) is 0 Å². The molecule has 0 spiro atoms. The van der Waals surface area contributed by atoms with Crippen LogP contribution in [0.25, 0.3) is 0 Å². The molecule has 2 unspecified atom stereocenters. The SMILES string of the molecule is C=C(C)C(=O)CCCOCCOCC(C)C[Si](C)(O[Si](C)(C)C)O[Si](C)(C)O[Si](C)(C)C. The number of allylic oxidation sites excluding steroid dienone is 1. The largest absolute Gasteiger partial charge is 0.437 e. The van der Waals surface area contributed by atoms with Crippen molar-refractivity contribution in [3.8, 4) is 0 Å². The Balaban J connectivity index is 4.54. The van der Waals surface area contributed by atoms with Crippen LogP contribution in [0.1, 0.15) is 26.7 Å². The second kappa shape index (κ2) is 13.8. The van der Waals surface area contributed by atoms with E-state index in [9.17, 15) is 4.79 Å². The summed E-state index contributed by atoms with van der Waals surface area (Å²) in [7, 11) is -8.16. The summed E-state index contributed by atoms with van der Waals surface area (Å²) in [6, 6.07) is 0.882. The smallest absolute Gasteiger partial charge is 0.316 e. The van der Waals surface area contributed by atoms with Crippen molar-refractivity contribution in [2.24, 2.45) is 5.92 Å². The van der Waals surface area contributed by atoms with Crippen molar-refractivity contribution >= 4 is 39.5 Å². The monoisotopic (exact) mass is 522 g/mol. The van der Waals surface area contributed by atoms with Crippen molar-refractivity contribution in [2.45, 2.75) is 91.7 Å². The summed E-state index contributed by atoms with van der Waals surface area (Å²) < 4.78 is 31.3.